The maximum absolute atomic E-state index is 11.7. The summed E-state index contributed by atoms with van der Waals surface area (Å²) in [5.41, 5.74) is 2.07. The van der Waals surface area contributed by atoms with E-state index in [9.17, 15) is 4.79 Å². The Labute approximate surface area is 140 Å². The van der Waals surface area contributed by atoms with Crippen LogP contribution in [0.1, 0.15) is 12.0 Å². The van der Waals surface area contributed by atoms with E-state index in [2.05, 4.69) is 22.8 Å². The quantitative estimate of drug-likeness (QED) is 0.797. The van der Waals surface area contributed by atoms with Gasteiger partial charge in [0, 0.05) is 25.2 Å². The first-order chi connectivity index (χ1) is 10.6. The van der Waals surface area contributed by atoms with Crippen molar-refractivity contribution in [1.29, 1.82) is 0 Å². The topological polar surface area (TPSA) is 41.1 Å². The summed E-state index contributed by atoms with van der Waals surface area (Å²) >= 11 is 11.8. The highest BCUT2D eigenvalue weighted by Crippen LogP contribution is 2.24. The zero-order valence-corrected chi connectivity index (χ0v) is 13.6. The van der Waals surface area contributed by atoms with Crippen molar-refractivity contribution in [2.45, 2.75) is 12.8 Å². The Bertz CT molecular complexity index is 617. The van der Waals surface area contributed by atoms with Crippen molar-refractivity contribution in [3.63, 3.8) is 0 Å². The molecule has 5 heteroatoms. The van der Waals surface area contributed by atoms with E-state index in [4.69, 9.17) is 23.2 Å². The minimum atomic E-state index is 0.0310. The number of anilines is 1. The summed E-state index contributed by atoms with van der Waals surface area (Å²) in [6, 6.07) is 15.4. The van der Waals surface area contributed by atoms with Gasteiger partial charge >= 0.3 is 0 Å². The first kappa shape index (κ1) is 16.7. The van der Waals surface area contributed by atoms with Gasteiger partial charge in [0.2, 0.25) is 5.91 Å². The van der Waals surface area contributed by atoms with Crippen LogP contribution in [0.15, 0.2) is 48.5 Å². The lowest BCUT2D eigenvalue weighted by atomic mass is 10.1. The van der Waals surface area contributed by atoms with Gasteiger partial charge in [0.05, 0.1) is 10.0 Å². The van der Waals surface area contributed by atoms with Crippen LogP contribution in [-0.2, 0) is 11.2 Å². The third-order valence-electron chi connectivity index (χ3n) is 3.18. The van der Waals surface area contributed by atoms with Crippen LogP contribution in [0, 0.1) is 0 Å². The van der Waals surface area contributed by atoms with E-state index in [1.54, 1.807) is 12.1 Å². The Hall–Kier alpha value is -1.71. The molecule has 0 aliphatic carbocycles. The molecule has 0 saturated carbocycles. The van der Waals surface area contributed by atoms with E-state index in [1.165, 1.54) is 5.56 Å². The molecular formula is C17H18Cl2N2O. The van der Waals surface area contributed by atoms with Gasteiger partial charge in [-0.05, 0) is 30.2 Å². The standard InChI is InChI=1S/C17H18Cl2N2O/c18-15-7-6-14(12-16(15)19)20-11-9-17(22)21-10-8-13-4-2-1-3-5-13/h1-7,12,20H,8-11H2,(H,21,22). The molecule has 1 amide bonds. The first-order valence-corrected chi connectivity index (χ1v) is 7.90. The minimum absolute atomic E-state index is 0.0310. The summed E-state index contributed by atoms with van der Waals surface area (Å²) in [4.78, 5) is 11.7. The fourth-order valence-corrected chi connectivity index (χ4v) is 2.30. The number of amides is 1. The molecule has 2 aromatic carbocycles. The van der Waals surface area contributed by atoms with Gasteiger partial charge < -0.3 is 10.6 Å². The number of carbonyl (C=O) groups excluding carboxylic acids is 1. The van der Waals surface area contributed by atoms with Gasteiger partial charge in [-0.15, -0.1) is 0 Å². The van der Waals surface area contributed by atoms with Gasteiger partial charge in [-0.3, -0.25) is 4.79 Å². The molecule has 0 aliphatic heterocycles. The van der Waals surface area contributed by atoms with Crippen molar-refractivity contribution < 1.29 is 4.79 Å². The van der Waals surface area contributed by atoms with Crippen LogP contribution in [0.25, 0.3) is 0 Å². The van der Waals surface area contributed by atoms with E-state index in [0.717, 1.165) is 12.1 Å². The van der Waals surface area contributed by atoms with Crippen LogP contribution in [0.5, 0.6) is 0 Å². The van der Waals surface area contributed by atoms with E-state index in [-0.39, 0.29) is 5.91 Å². The SMILES string of the molecule is O=C(CCNc1ccc(Cl)c(Cl)c1)NCCc1ccccc1. The molecule has 0 unspecified atom stereocenters. The molecular weight excluding hydrogens is 319 g/mol. The van der Waals surface area contributed by atoms with Crippen LogP contribution in [0.2, 0.25) is 10.0 Å². The Kier molecular flexibility index (Phi) is 6.56. The van der Waals surface area contributed by atoms with Gasteiger partial charge in [-0.2, -0.15) is 0 Å². The van der Waals surface area contributed by atoms with Crippen molar-refractivity contribution in [1.82, 2.24) is 5.32 Å². The molecule has 0 aliphatic rings. The molecule has 0 fully saturated rings. The molecule has 22 heavy (non-hydrogen) atoms. The number of halogens is 2. The zero-order chi connectivity index (χ0) is 15.8. The third-order valence-corrected chi connectivity index (χ3v) is 3.92. The molecule has 3 nitrogen and oxygen atoms in total. The number of hydrogen-bond donors (Lipinski definition) is 2. The summed E-state index contributed by atoms with van der Waals surface area (Å²) in [6.45, 7) is 1.20. The molecule has 0 radical (unpaired) electrons. The monoisotopic (exact) mass is 336 g/mol. The smallest absolute Gasteiger partial charge is 0.221 e. The van der Waals surface area contributed by atoms with Gasteiger partial charge in [-0.1, -0.05) is 53.5 Å². The van der Waals surface area contributed by atoms with Crippen LogP contribution < -0.4 is 10.6 Å². The molecule has 0 atom stereocenters. The van der Waals surface area contributed by atoms with Gasteiger partial charge in [0.1, 0.15) is 0 Å². The lowest BCUT2D eigenvalue weighted by Gasteiger charge is -2.08. The Balaban J connectivity index is 1.64. The van der Waals surface area contributed by atoms with Crippen LogP contribution in [-0.4, -0.2) is 19.0 Å². The lowest BCUT2D eigenvalue weighted by Crippen LogP contribution is -2.27. The number of carbonyl (C=O) groups is 1. The predicted octanol–water partition coefficient (Wildman–Crippen LogP) is 4.15. The zero-order valence-electron chi connectivity index (χ0n) is 12.1. The Morgan fingerprint density at radius 1 is 0.955 bits per heavy atom. The molecule has 0 bridgehead atoms. The predicted molar refractivity (Wildman–Crippen MR) is 92.7 cm³/mol. The molecule has 0 spiro atoms. The number of nitrogens with one attached hydrogen (secondary N) is 2. The van der Waals surface area contributed by atoms with E-state index in [0.29, 0.717) is 29.6 Å². The highest BCUT2D eigenvalue weighted by atomic mass is 35.5. The van der Waals surface area contributed by atoms with Crippen molar-refractivity contribution in [3.05, 3.63) is 64.1 Å². The fraction of sp³-hybridized carbons (Fsp3) is 0.235. The molecule has 2 rings (SSSR count). The van der Waals surface area contributed by atoms with Crippen molar-refractivity contribution in [2.75, 3.05) is 18.4 Å². The molecule has 0 heterocycles. The second-order valence-electron chi connectivity index (χ2n) is 4.89. The van der Waals surface area contributed by atoms with Crippen LogP contribution in [0.4, 0.5) is 5.69 Å². The second kappa shape index (κ2) is 8.66. The lowest BCUT2D eigenvalue weighted by molar-refractivity contribution is -0.120. The normalized spacial score (nSPS) is 10.3. The van der Waals surface area contributed by atoms with Gasteiger partial charge in [-0.25, -0.2) is 0 Å². The highest BCUT2D eigenvalue weighted by Gasteiger charge is 2.02. The number of benzene rings is 2. The van der Waals surface area contributed by atoms with Crippen molar-refractivity contribution in [3.8, 4) is 0 Å². The summed E-state index contributed by atoms with van der Waals surface area (Å²) in [7, 11) is 0. The van der Waals surface area contributed by atoms with E-state index in [1.807, 2.05) is 24.3 Å². The van der Waals surface area contributed by atoms with Gasteiger partial charge in [0.15, 0.2) is 0 Å². The average molecular weight is 337 g/mol. The number of rotatable bonds is 7. The first-order valence-electron chi connectivity index (χ1n) is 7.15. The molecule has 0 aromatic heterocycles. The molecule has 0 saturated heterocycles. The summed E-state index contributed by atoms with van der Waals surface area (Å²) in [6.07, 6.45) is 1.25. The summed E-state index contributed by atoms with van der Waals surface area (Å²) in [5.74, 6) is 0.0310. The number of hydrogen-bond acceptors (Lipinski definition) is 2. The summed E-state index contributed by atoms with van der Waals surface area (Å²) in [5, 5.41) is 7.08. The molecule has 2 N–H and O–H groups in total. The van der Waals surface area contributed by atoms with E-state index < -0.39 is 0 Å². The minimum Gasteiger partial charge on any atom is -0.384 e. The molecule has 2 aromatic rings. The highest BCUT2D eigenvalue weighted by molar-refractivity contribution is 6.42. The summed E-state index contributed by atoms with van der Waals surface area (Å²) < 4.78 is 0. The largest absolute Gasteiger partial charge is 0.384 e. The fourth-order valence-electron chi connectivity index (χ4n) is 2.01. The maximum atomic E-state index is 11.7. The van der Waals surface area contributed by atoms with Crippen molar-refractivity contribution >= 4 is 34.8 Å². The Morgan fingerprint density at radius 2 is 1.73 bits per heavy atom. The third kappa shape index (κ3) is 5.58. The molecule has 116 valence electrons. The maximum Gasteiger partial charge on any atom is 0.221 e. The Morgan fingerprint density at radius 3 is 2.45 bits per heavy atom. The van der Waals surface area contributed by atoms with Gasteiger partial charge in [0.25, 0.3) is 0 Å². The van der Waals surface area contributed by atoms with Crippen LogP contribution in [0.3, 0.4) is 0 Å². The van der Waals surface area contributed by atoms with Crippen molar-refractivity contribution in [2.24, 2.45) is 0 Å². The van der Waals surface area contributed by atoms with Crippen LogP contribution >= 0.6 is 23.2 Å². The average Bonchev–Trinajstić information content (AvgIpc) is 2.52. The second-order valence-corrected chi connectivity index (χ2v) is 5.71. The van der Waals surface area contributed by atoms with E-state index >= 15 is 0 Å².